The molecule has 3 aromatic rings. The molecule has 0 aliphatic carbocycles. The standard InChI is InChI=1S/C24H24N4O3/c1-16-7-9-18(10-8-16)14-25-22(29)15-27-23(30)12-11-20(26-27)24(31)28-17(2)13-19-5-3-4-6-21(19)28/h3-12,17H,13-15H2,1-2H3,(H,25,29). The average Bonchev–Trinajstić information content (AvgIpc) is 3.10. The van der Waals surface area contributed by atoms with Gasteiger partial charge in [0, 0.05) is 24.3 Å². The van der Waals surface area contributed by atoms with Crippen molar-refractivity contribution in [3.63, 3.8) is 0 Å². The summed E-state index contributed by atoms with van der Waals surface area (Å²) in [5.41, 5.74) is 3.76. The molecule has 4 rings (SSSR count). The van der Waals surface area contributed by atoms with E-state index in [1.54, 1.807) is 4.90 Å². The van der Waals surface area contributed by atoms with Gasteiger partial charge < -0.3 is 10.2 Å². The largest absolute Gasteiger partial charge is 0.350 e. The number of rotatable bonds is 5. The van der Waals surface area contributed by atoms with Crippen molar-refractivity contribution in [1.29, 1.82) is 0 Å². The van der Waals surface area contributed by atoms with Crippen LogP contribution in [0.25, 0.3) is 0 Å². The van der Waals surface area contributed by atoms with Crippen molar-refractivity contribution in [2.45, 2.75) is 39.4 Å². The van der Waals surface area contributed by atoms with Gasteiger partial charge in [0.15, 0.2) is 0 Å². The molecule has 1 N–H and O–H groups in total. The highest BCUT2D eigenvalue weighted by atomic mass is 16.2. The number of aryl methyl sites for hydroxylation is 1. The van der Waals surface area contributed by atoms with Gasteiger partial charge in [0.2, 0.25) is 5.91 Å². The van der Waals surface area contributed by atoms with Crippen LogP contribution in [0.5, 0.6) is 0 Å². The summed E-state index contributed by atoms with van der Waals surface area (Å²) in [5, 5.41) is 6.97. The molecule has 158 valence electrons. The van der Waals surface area contributed by atoms with Crippen LogP contribution in [-0.2, 0) is 24.3 Å². The minimum absolute atomic E-state index is 0.00936. The van der Waals surface area contributed by atoms with Crippen LogP contribution in [0.3, 0.4) is 0 Å². The van der Waals surface area contributed by atoms with Crippen molar-refractivity contribution in [2.24, 2.45) is 0 Å². The number of carbonyl (C=O) groups excluding carboxylic acids is 2. The number of anilines is 1. The van der Waals surface area contributed by atoms with Gasteiger partial charge >= 0.3 is 0 Å². The fourth-order valence-electron chi connectivity index (χ4n) is 3.77. The van der Waals surface area contributed by atoms with E-state index in [9.17, 15) is 14.4 Å². The third-order valence-corrected chi connectivity index (χ3v) is 5.42. The van der Waals surface area contributed by atoms with Crippen LogP contribution in [0.1, 0.15) is 34.1 Å². The summed E-state index contributed by atoms with van der Waals surface area (Å²) in [7, 11) is 0. The van der Waals surface area contributed by atoms with Crippen molar-refractivity contribution in [2.75, 3.05) is 4.90 Å². The summed E-state index contributed by atoms with van der Waals surface area (Å²) in [5.74, 6) is -0.633. The van der Waals surface area contributed by atoms with E-state index in [4.69, 9.17) is 0 Å². The molecule has 0 saturated carbocycles. The molecule has 0 saturated heterocycles. The number of carbonyl (C=O) groups is 2. The van der Waals surface area contributed by atoms with Gasteiger partial charge in [0.1, 0.15) is 12.2 Å². The van der Waals surface area contributed by atoms with E-state index >= 15 is 0 Å². The van der Waals surface area contributed by atoms with Crippen LogP contribution in [0.4, 0.5) is 5.69 Å². The number of hydrogen-bond acceptors (Lipinski definition) is 4. The van der Waals surface area contributed by atoms with E-state index in [0.29, 0.717) is 6.54 Å². The Morgan fingerprint density at radius 3 is 2.58 bits per heavy atom. The molecule has 0 radical (unpaired) electrons. The molecule has 2 amide bonds. The van der Waals surface area contributed by atoms with E-state index in [-0.39, 0.29) is 30.1 Å². The van der Waals surface area contributed by atoms with E-state index in [2.05, 4.69) is 10.4 Å². The SMILES string of the molecule is Cc1ccc(CNC(=O)Cn2nc(C(=O)N3c4ccccc4CC3C)ccc2=O)cc1. The lowest BCUT2D eigenvalue weighted by molar-refractivity contribution is -0.122. The maximum Gasteiger partial charge on any atom is 0.278 e. The second kappa shape index (κ2) is 8.55. The number of nitrogens with zero attached hydrogens (tertiary/aromatic N) is 3. The fraction of sp³-hybridized carbons (Fsp3) is 0.250. The maximum atomic E-state index is 13.2. The molecule has 1 atom stereocenters. The summed E-state index contributed by atoms with van der Waals surface area (Å²) < 4.78 is 1.03. The third kappa shape index (κ3) is 4.40. The van der Waals surface area contributed by atoms with E-state index in [0.717, 1.165) is 33.5 Å². The first-order valence-electron chi connectivity index (χ1n) is 10.2. The second-order valence-electron chi connectivity index (χ2n) is 7.83. The van der Waals surface area contributed by atoms with E-state index < -0.39 is 5.56 Å². The van der Waals surface area contributed by atoms with Crippen LogP contribution in [0.15, 0.2) is 65.5 Å². The lowest BCUT2D eigenvalue weighted by atomic mass is 10.1. The van der Waals surface area contributed by atoms with Crippen LogP contribution in [0.2, 0.25) is 0 Å². The number of benzene rings is 2. The number of hydrogen-bond donors (Lipinski definition) is 1. The monoisotopic (exact) mass is 416 g/mol. The van der Waals surface area contributed by atoms with Gasteiger partial charge in [0.25, 0.3) is 11.5 Å². The average molecular weight is 416 g/mol. The van der Waals surface area contributed by atoms with Gasteiger partial charge in [-0.1, -0.05) is 48.0 Å². The predicted molar refractivity (Wildman–Crippen MR) is 118 cm³/mol. The minimum atomic E-state index is -0.433. The molecular weight excluding hydrogens is 392 g/mol. The number of nitrogens with one attached hydrogen (secondary N) is 1. The first-order chi connectivity index (χ1) is 14.9. The van der Waals surface area contributed by atoms with Crippen LogP contribution < -0.4 is 15.8 Å². The van der Waals surface area contributed by atoms with Crippen molar-refractivity contribution in [3.8, 4) is 0 Å². The Bertz CT molecular complexity index is 1180. The smallest absolute Gasteiger partial charge is 0.278 e. The summed E-state index contributed by atoms with van der Waals surface area (Å²) in [6.45, 7) is 4.08. The number of fused-ring (bicyclic) bond motifs is 1. The van der Waals surface area contributed by atoms with Crippen LogP contribution >= 0.6 is 0 Å². The summed E-state index contributed by atoms with van der Waals surface area (Å²) in [6.07, 6.45) is 0.767. The highest BCUT2D eigenvalue weighted by Gasteiger charge is 2.32. The van der Waals surface area contributed by atoms with Gasteiger partial charge in [-0.05, 0) is 43.5 Å². The Morgan fingerprint density at radius 2 is 1.81 bits per heavy atom. The molecule has 0 spiro atoms. The molecule has 7 nitrogen and oxygen atoms in total. The zero-order valence-electron chi connectivity index (χ0n) is 17.5. The molecular formula is C24H24N4O3. The van der Waals surface area contributed by atoms with Crippen molar-refractivity contribution in [1.82, 2.24) is 15.1 Å². The van der Waals surface area contributed by atoms with Crippen LogP contribution in [-0.4, -0.2) is 27.6 Å². The lowest BCUT2D eigenvalue weighted by Crippen LogP contribution is -2.38. The predicted octanol–water partition coefficient (Wildman–Crippen LogP) is 2.46. The third-order valence-electron chi connectivity index (χ3n) is 5.42. The van der Waals surface area contributed by atoms with Gasteiger partial charge in [-0.25, -0.2) is 4.68 Å². The quantitative estimate of drug-likeness (QED) is 0.693. The Morgan fingerprint density at radius 1 is 1.06 bits per heavy atom. The lowest BCUT2D eigenvalue weighted by Gasteiger charge is -2.22. The van der Waals surface area contributed by atoms with E-state index in [1.165, 1.54) is 12.1 Å². The zero-order chi connectivity index (χ0) is 22.0. The topological polar surface area (TPSA) is 84.3 Å². The molecule has 2 aromatic carbocycles. The first kappa shape index (κ1) is 20.5. The normalized spacial score (nSPS) is 14.9. The Kier molecular flexibility index (Phi) is 5.66. The molecule has 7 heteroatoms. The molecule has 0 fully saturated rings. The van der Waals surface area contributed by atoms with Gasteiger partial charge in [-0.2, -0.15) is 5.10 Å². The highest BCUT2D eigenvalue weighted by Crippen LogP contribution is 2.32. The number of para-hydroxylation sites is 1. The maximum absolute atomic E-state index is 13.2. The second-order valence-corrected chi connectivity index (χ2v) is 7.83. The molecule has 1 aliphatic rings. The van der Waals surface area contributed by atoms with Crippen molar-refractivity contribution >= 4 is 17.5 Å². The van der Waals surface area contributed by atoms with Gasteiger partial charge in [-0.15, -0.1) is 0 Å². The Labute approximate surface area is 180 Å². The minimum Gasteiger partial charge on any atom is -0.350 e. The van der Waals surface area contributed by atoms with Gasteiger partial charge in [0.05, 0.1) is 0 Å². The van der Waals surface area contributed by atoms with E-state index in [1.807, 2.05) is 62.4 Å². The van der Waals surface area contributed by atoms with Crippen molar-refractivity contribution in [3.05, 3.63) is 93.4 Å². The fourth-order valence-corrected chi connectivity index (χ4v) is 3.77. The Balaban J connectivity index is 1.48. The molecule has 0 bridgehead atoms. The first-order valence-corrected chi connectivity index (χ1v) is 10.2. The van der Waals surface area contributed by atoms with Crippen LogP contribution in [0, 0.1) is 6.92 Å². The molecule has 2 heterocycles. The van der Waals surface area contributed by atoms with Gasteiger partial charge in [-0.3, -0.25) is 14.4 Å². The summed E-state index contributed by atoms with van der Waals surface area (Å²) in [4.78, 5) is 39.4. The molecule has 1 unspecified atom stereocenters. The summed E-state index contributed by atoms with van der Waals surface area (Å²) >= 11 is 0. The highest BCUT2D eigenvalue weighted by molar-refractivity contribution is 6.06. The van der Waals surface area contributed by atoms with Crippen molar-refractivity contribution < 1.29 is 9.59 Å². The molecule has 1 aliphatic heterocycles. The number of aromatic nitrogens is 2. The molecule has 31 heavy (non-hydrogen) atoms. The zero-order valence-corrected chi connectivity index (χ0v) is 17.5. The molecule has 1 aromatic heterocycles. The number of amides is 2. The Hall–Kier alpha value is -3.74. The summed E-state index contributed by atoms with van der Waals surface area (Å²) in [6, 6.07) is 18.3.